The number of carbonyl (C=O) groups excluding carboxylic acids is 5. The highest BCUT2D eigenvalue weighted by molar-refractivity contribution is 5.96. The van der Waals surface area contributed by atoms with Crippen molar-refractivity contribution < 1.29 is 29.1 Å². The van der Waals surface area contributed by atoms with Gasteiger partial charge in [0.15, 0.2) is 0 Å². The normalized spacial score (nSPS) is 16.2. The number of phenolic OH excluding ortho intramolecular Hbond substituents is 1. The number of rotatable bonds is 19. The van der Waals surface area contributed by atoms with E-state index >= 15 is 0 Å². The summed E-state index contributed by atoms with van der Waals surface area (Å²) in [5, 5.41) is 19.2. The molecule has 0 aliphatic carbocycles. The number of carbonyl (C=O) groups is 5. The zero-order valence-electron chi connectivity index (χ0n) is 31.3. The van der Waals surface area contributed by atoms with E-state index in [-0.39, 0.29) is 31.6 Å². The van der Waals surface area contributed by atoms with Crippen molar-refractivity contribution in [2.75, 3.05) is 6.54 Å². The van der Waals surface area contributed by atoms with Crippen molar-refractivity contribution in [3.63, 3.8) is 0 Å². The zero-order valence-corrected chi connectivity index (χ0v) is 31.3. The molecule has 55 heavy (non-hydrogen) atoms. The molecule has 5 rings (SSSR count). The summed E-state index contributed by atoms with van der Waals surface area (Å²) in [6, 6.07) is 18.2. The van der Waals surface area contributed by atoms with E-state index in [2.05, 4.69) is 27.9 Å². The average molecular weight is 752 g/mol. The molecule has 1 aromatic heterocycles. The van der Waals surface area contributed by atoms with Crippen LogP contribution in [0, 0.1) is 0 Å². The Labute approximate surface area is 321 Å². The minimum atomic E-state index is -1.12. The van der Waals surface area contributed by atoms with Gasteiger partial charge < -0.3 is 42.4 Å². The molecule has 1 saturated heterocycles. The van der Waals surface area contributed by atoms with Crippen LogP contribution in [0.1, 0.15) is 68.6 Å². The minimum absolute atomic E-state index is 0.0643. The fourth-order valence-electron chi connectivity index (χ4n) is 7.11. The van der Waals surface area contributed by atoms with E-state index in [1.165, 1.54) is 17.0 Å². The van der Waals surface area contributed by atoms with E-state index in [0.717, 1.165) is 47.7 Å². The van der Waals surface area contributed by atoms with Gasteiger partial charge >= 0.3 is 0 Å². The Balaban J connectivity index is 1.35. The van der Waals surface area contributed by atoms with Crippen molar-refractivity contribution in [1.29, 1.82) is 0 Å². The summed E-state index contributed by atoms with van der Waals surface area (Å²) in [6.45, 7) is 2.37. The molecule has 0 bridgehead atoms. The third-order valence-electron chi connectivity index (χ3n) is 10.2. The highest BCUT2D eigenvalue weighted by Gasteiger charge is 2.39. The molecular formula is C42H53N7O6. The lowest BCUT2D eigenvalue weighted by molar-refractivity contribution is -0.142. The van der Waals surface area contributed by atoms with Crippen molar-refractivity contribution >= 4 is 40.4 Å². The number of H-pyrrole nitrogens is 1. The number of likely N-dealkylation sites (tertiary alicyclic amines) is 1. The van der Waals surface area contributed by atoms with Crippen LogP contribution in [-0.4, -0.2) is 81.3 Å². The second-order valence-corrected chi connectivity index (χ2v) is 14.4. The number of aromatic amines is 1. The lowest BCUT2D eigenvalue weighted by Crippen LogP contribution is -2.59. The number of para-hydroxylation sites is 1. The molecule has 292 valence electrons. The number of nitrogens with one attached hydrogen (secondary N) is 4. The SMILES string of the molecule is CCCCCC[C@H](N)C(=O)N[C@@H](Cc1ccc(O)cc1)C(=O)N1CCC[C@H]1C(=O)N[C@@H](Cc1c[nH]c2ccccc12)C(=O)N[C@@H](Cc1ccccc1)C(N)=O. The van der Waals surface area contributed by atoms with Crippen LogP contribution in [0.4, 0.5) is 0 Å². The second kappa shape index (κ2) is 19.6. The molecule has 5 amide bonds. The van der Waals surface area contributed by atoms with Crippen molar-refractivity contribution in [2.45, 2.75) is 101 Å². The first-order valence-corrected chi connectivity index (χ1v) is 19.2. The predicted octanol–water partition coefficient (Wildman–Crippen LogP) is 3.13. The monoisotopic (exact) mass is 751 g/mol. The number of hydrogen-bond acceptors (Lipinski definition) is 7. The molecule has 1 aliphatic heterocycles. The number of nitrogens with two attached hydrogens (primary N) is 2. The van der Waals surface area contributed by atoms with Gasteiger partial charge in [0.25, 0.3) is 0 Å². The smallest absolute Gasteiger partial charge is 0.246 e. The quantitative estimate of drug-likeness (QED) is 0.0711. The van der Waals surface area contributed by atoms with Gasteiger partial charge in [0.2, 0.25) is 29.5 Å². The Morgan fingerprint density at radius 1 is 0.800 bits per heavy atom. The number of phenols is 1. The Morgan fingerprint density at radius 2 is 1.47 bits per heavy atom. The van der Waals surface area contributed by atoms with Gasteiger partial charge in [-0.05, 0) is 54.2 Å². The maximum absolute atomic E-state index is 14.3. The zero-order chi connectivity index (χ0) is 39.3. The van der Waals surface area contributed by atoms with Gasteiger partial charge in [0, 0.05) is 42.9 Å². The van der Waals surface area contributed by atoms with Crippen LogP contribution < -0.4 is 27.4 Å². The molecule has 0 radical (unpaired) electrons. The number of benzene rings is 3. The number of aromatic hydroxyl groups is 1. The molecule has 5 atom stereocenters. The van der Waals surface area contributed by atoms with E-state index in [9.17, 15) is 29.1 Å². The second-order valence-electron chi connectivity index (χ2n) is 14.4. The number of unbranched alkanes of at least 4 members (excludes halogenated alkanes) is 3. The predicted molar refractivity (Wildman–Crippen MR) is 210 cm³/mol. The first-order chi connectivity index (χ1) is 26.5. The summed E-state index contributed by atoms with van der Waals surface area (Å²) in [5.74, 6) is -2.69. The van der Waals surface area contributed by atoms with Crippen LogP contribution in [0.3, 0.4) is 0 Å². The summed E-state index contributed by atoms with van der Waals surface area (Å²) in [5.41, 5.74) is 15.1. The third-order valence-corrected chi connectivity index (χ3v) is 10.2. The summed E-state index contributed by atoms with van der Waals surface area (Å²) in [4.78, 5) is 73.0. The number of primary amides is 1. The Kier molecular flexibility index (Phi) is 14.4. The number of hydrogen-bond donors (Lipinski definition) is 7. The number of nitrogens with zero attached hydrogens (tertiary/aromatic N) is 1. The Hall–Kier alpha value is -5.69. The number of fused-ring (bicyclic) bond motifs is 1. The Morgan fingerprint density at radius 3 is 2.20 bits per heavy atom. The minimum Gasteiger partial charge on any atom is -0.508 e. The standard InChI is InChI=1S/C42H53N7O6/c1-2-3-4-8-15-32(43)39(52)48-36(24-28-18-20-30(50)21-19-28)42(55)49-22-11-17-37(49)41(54)47-35(25-29-26-45-33-16-10-9-14-31(29)33)40(53)46-34(38(44)51)23-27-12-6-5-7-13-27/h5-7,9-10,12-14,16,18-21,26,32,34-37,45,50H,2-4,8,11,15,17,22-25,43H2,1H3,(H2,44,51)(H,46,53)(H,47,54)(H,48,52)/t32-,34-,35-,36-,37-/m0/s1. The third kappa shape index (κ3) is 11.2. The van der Waals surface area contributed by atoms with Crippen molar-refractivity contribution in [2.24, 2.45) is 11.5 Å². The van der Waals surface area contributed by atoms with Crippen molar-refractivity contribution in [1.82, 2.24) is 25.8 Å². The van der Waals surface area contributed by atoms with Gasteiger partial charge in [0.05, 0.1) is 6.04 Å². The fourth-order valence-corrected chi connectivity index (χ4v) is 7.11. The van der Waals surface area contributed by atoms with E-state index in [1.807, 2.05) is 54.6 Å². The van der Waals surface area contributed by atoms with Crippen LogP contribution in [0.5, 0.6) is 5.75 Å². The molecule has 1 fully saturated rings. The lowest BCUT2D eigenvalue weighted by Gasteiger charge is -2.30. The maximum Gasteiger partial charge on any atom is 0.246 e. The van der Waals surface area contributed by atoms with Crippen LogP contribution in [0.2, 0.25) is 0 Å². The van der Waals surface area contributed by atoms with E-state index in [0.29, 0.717) is 24.8 Å². The van der Waals surface area contributed by atoms with Crippen LogP contribution in [-0.2, 0) is 43.2 Å². The summed E-state index contributed by atoms with van der Waals surface area (Å²) >= 11 is 0. The molecule has 0 unspecified atom stereocenters. The highest BCUT2D eigenvalue weighted by Crippen LogP contribution is 2.23. The topological polar surface area (TPSA) is 213 Å². The van der Waals surface area contributed by atoms with E-state index in [4.69, 9.17) is 11.5 Å². The molecular weight excluding hydrogens is 699 g/mol. The maximum atomic E-state index is 14.3. The van der Waals surface area contributed by atoms with Crippen molar-refractivity contribution in [3.8, 4) is 5.75 Å². The highest BCUT2D eigenvalue weighted by atomic mass is 16.3. The number of amides is 5. The van der Waals surface area contributed by atoms with Crippen molar-refractivity contribution in [3.05, 3.63) is 102 Å². The lowest BCUT2D eigenvalue weighted by atomic mass is 10.0. The van der Waals surface area contributed by atoms with Gasteiger partial charge in [-0.2, -0.15) is 0 Å². The van der Waals surface area contributed by atoms with Crippen LogP contribution >= 0.6 is 0 Å². The van der Waals surface area contributed by atoms with E-state index in [1.54, 1.807) is 18.3 Å². The van der Waals surface area contributed by atoms with Gasteiger partial charge in [-0.25, -0.2) is 0 Å². The van der Waals surface area contributed by atoms with Gasteiger partial charge in [-0.1, -0.05) is 93.3 Å². The molecule has 9 N–H and O–H groups in total. The molecule has 3 aromatic carbocycles. The Bertz CT molecular complexity index is 1910. The average Bonchev–Trinajstić information content (AvgIpc) is 3.84. The van der Waals surface area contributed by atoms with Gasteiger partial charge in [-0.15, -0.1) is 0 Å². The molecule has 4 aromatic rings. The van der Waals surface area contributed by atoms with Crippen LogP contribution in [0.25, 0.3) is 10.9 Å². The molecule has 0 spiro atoms. The fraction of sp³-hybridized carbons (Fsp3) is 0.405. The molecule has 0 saturated carbocycles. The summed E-state index contributed by atoms with van der Waals surface area (Å²) in [6.07, 6.45) is 7.32. The molecule has 2 heterocycles. The largest absolute Gasteiger partial charge is 0.508 e. The summed E-state index contributed by atoms with van der Waals surface area (Å²) in [7, 11) is 0. The molecule has 13 nitrogen and oxygen atoms in total. The first-order valence-electron chi connectivity index (χ1n) is 19.2. The molecule has 13 heteroatoms. The van der Waals surface area contributed by atoms with Gasteiger partial charge in [0.1, 0.15) is 29.9 Å². The van der Waals surface area contributed by atoms with Crippen LogP contribution in [0.15, 0.2) is 85.1 Å². The van der Waals surface area contributed by atoms with E-state index < -0.39 is 59.7 Å². The summed E-state index contributed by atoms with van der Waals surface area (Å²) < 4.78 is 0. The number of aromatic nitrogens is 1. The van der Waals surface area contributed by atoms with Gasteiger partial charge in [-0.3, -0.25) is 24.0 Å². The first kappa shape index (κ1) is 40.5. The molecule has 1 aliphatic rings.